The fourth-order valence-electron chi connectivity index (χ4n) is 0.451. The molecular weight excluding hydrogens is 120 g/mol. The summed E-state index contributed by atoms with van der Waals surface area (Å²) in [5, 5.41) is 8.16. The maximum atomic E-state index is 9.93. The Labute approximate surface area is 53.0 Å². The van der Waals surface area contributed by atoms with Crippen molar-refractivity contribution < 1.29 is 14.7 Å². The number of hydrogen-bond acceptors (Lipinski definition) is 2. The summed E-state index contributed by atoms with van der Waals surface area (Å²) >= 11 is 0. The van der Waals surface area contributed by atoms with Crippen molar-refractivity contribution in [3.8, 4) is 0 Å². The van der Waals surface area contributed by atoms with Crippen molar-refractivity contribution in [2.24, 2.45) is 5.92 Å². The molecule has 9 heavy (non-hydrogen) atoms. The highest BCUT2D eigenvalue weighted by Crippen LogP contribution is 1.99. The van der Waals surface area contributed by atoms with E-state index in [0.29, 0.717) is 0 Å². The Bertz CT molecular complexity index is 144. The molecule has 0 spiro atoms. The lowest BCUT2D eigenvalue weighted by atomic mass is 10.1. The standard InChI is InChI=1S/C6H8O3/c1-5(2-3-7)4-6(8)9/h2,5H,4H2,1H3,(H,8,9). The smallest absolute Gasteiger partial charge is 0.303 e. The molecule has 0 fully saturated rings. The SMILES string of the molecule is CC(C=C=O)CC(=O)O. The van der Waals surface area contributed by atoms with Crippen LogP contribution in [0.25, 0.3) is 0 Å². The fourth-order valence-corrected chi connectivity index (χ4v) is 0.451. The molecule has 50 valence electrons. The lowest BCUT2D eigenvalue weighted by Crippen LogP contribution is -2.01. The molecular formula is C6H8O3. The summed E-state index contributed by atoms with van der Waals surface area (Å²) in [5.74, 6) is 0.432. The minimum atomic E-state index is -0.894. The third kappa shape index (κ3) is 4.78. The van der Waals surface area contributed by atoms with Gasteiger partial charge in [-0.1, -0.05) is 6.92 Å². The molecule has 0 aromatic rings. The number of aliphatic carboxylic acids is 1. The number of carboxylic acids is 1. The van der Waals surface area contributed by atoms with Gasteiger partial charge >= 0.3 is 5.97 Å². The van der Waals surface area contributed by atoms with Crippen LogP contribution < -0.4 is 0 Å². The van der Waals surface area contributed by atoms with Gasteiger partial charge in [0, 0.05) is 6.08 Å². The summed E-state index contributed by atoms with van der Waals surface area (Å²) in [6.07, 6.45) is 1.20. The number of carbonyl (C=O) groups is 1. The highest BCUT2D eigenvalue weighted by molar-refractivity contribution is 5.67. The lowest BCUT2D eigenvalue weighted by molar-refractivity contribution is -0.137. The van der Waals surface area contributed by atoms with Crippen molar-refractivity contribution in [2.45, 2.75) is 13.3 Å². The largest absolute Gasteiger partial charge is 0.481 e. The van der Waals surface area contributed by atoms with Crippen molar-refractivity contribution in [3.63, 3.8) is 0 Å². The molecule has 0 heterocycles. The minimum absolute atomic E-state index is 0.00472. The van der Waals surface area contributed by atoms with Crippen LogP contribution in [0.2, 0.25) is 0 Å². The molecule has 0 rings (SSSR count). The van der Waals surface area contributed by atoms with Crippen LogP contribution in [0.15, 0.2) is 6.08 Å². The molecule has 0 radical (unpaired) electrons. The topological polar surface area (TPSA) is 54.4 Å². The van der Waals surface area contributed by atoms with Gasteiger partial charge in [-0.2, -0.15) is 0 Å². The normalized spacial score (nSPS) is 11.7. The van der Waals surface area contributed by atoms with Gasteiger partial charge in [-0.15, -0.1) is 0 Å². The van der Waals surface area contributed by atoms with E-state index in [1.165, 1.54) is 12.0 Å². The summed E-state index contributed by atoms with van der Waals surface area (Å²) < 4.78 is 0. The van der Waals surface area contributed by atoms with Gasteiger partial charge in [-0.25, -0.2) is 4.79 Å². The van der Waals surface area contributed by atoms with Crippen LogP contribution in [0, 0.1) is 5.92 Å². The van der Waals surface area contributed by atoms with E-state index in [4.69, 9.17) is 5.11 Å². The number of allylic oxidation sites excluding steroid dienone is 1. The first-order valence-electron chi connectivity index (χ1n) is 2.59. The van der Waals surface area contributed by atoms with E-state index in [0.717, 1.165) is 0 Å². The highest BCUT2D eigenvalue weighted by Gasteiger charge is 2.02. The van der Waals surface area contributed by atoms with Gasteiger partial charge < -0.3 is 5.11 Å². The second-order valence-electron chi connectivity index (χ2n) is 1.86. The molecule has 1 atom stereocenters. The molecule has 0 aliphatic rings. The van der Waals surface area contributed by atoms with E-state index in [2.05, 4.69) is 0 Å². The Morgan fingerprint density at radius 1 is 1.89 bits per heavy atom. The van der Waals surface area contributed by atoms with Gasteiger partial charge in [0.15, 0.2) is 0 Å². The Hall–Kier alpha value is -1.08. The van der Waals surface area contributed by atoms with Gasteiger partial charge in [-0.05, 0) is 5.92 Å². The molecule has 3 heteroatoms. The Morgan fingerprint density at radius 2 is 2.44 bits per heavy atom. The van der Waals surface area contributed by atoms with E-state index >= 15 is 0 Å². The monoisotopic (exact) mass is 128 g/mol. The Morgan fingerprint density at radius 3 is 2.78 bits per heavy atom. The van der Waals surface area contributed by atoms with E-state index in [-0.39, 0.29) is 12.3 Å². The van der Waals surface area contributed by atoms with Crippen molar-refractivity contribution in [1.29, 1.82) is 0 Å². The first kappa shape index (κ1) is 7.92. The molecule has 0 aromatic heterocycles. The number of rotatable bonds is 3. The lowest BCUT2D eigenvalue weighted by Gasteiger charge is -1.95. The predicted molar refractivity (Wildman–Crippen MR) is 31.7 cm³/mol. The van der Waals surface area contributed by atoms with E-state index in [1.54, 1.807) is 6.92 Å². The van der Waals surface area contributed by atoms with Crippen LogP contribution in [0.3, 0.4) is 0 Å². The molecule has 0 saturated heterocycles. The van der Waals surface area contributed by atoms with Crippen LogP contribution in [0.1, 0.15) is 13.3 Å². The minimum Gasteiger partial charge on any atom is -0.481 e. The van der Waals surface area contributed by atoms with Crippen molar-refractivity contribution in [3.05, 3.63) is 6.08 Å². The first-order chi connectivity index (χ1) is 4.16. The Kier molecular flexibility index (Phi) is 3.40. The fraction of sp³-hybridized carbons (Fsp3) is 0.500. The molecule has 0 aliphatic heterocycles. The van der Waals surface area contributed by atoms with Crippen molar-refractivity contribution in [1.82, 2.24) is 0 Å². The highest BCUT2D eigenvalue weighted by atomic mass is 16.4. The van der Waals surface area contributed by atoms with Gasteiger partial charge in [-0.3, -0.25) is 4.79 Å². The first-order valence-corrected chi connectivity index (χ1v) is 2.59. The summed E-state index contributed by atoms with van der Waals surface area (Å²) in [6.45, 7) is 1.65. The maximum Gasteiger partial charge on any atom is 0.303 e. The molecule has 1 N–H and O–H groups in total. The maximum absolute atomic E-state index is 9.93. The van der Waals surface area contributed by atoms with Gasteiger partial charge in [0.05, 0.1) is 6.42 Å². The molecule has 0 saturated carbocycles. The number of hydrogen-bond donors (Lipinski definition) is 1. The molecule has 0 aliphatic carbocycles. The molecule has 0 bridgehead atoms. The summed E-state index contributed by atoms with van der Waals surface area (Å²) in [5.41, 5.74) is 0. The van der Waals surface area contributed by atoms with Crippen LogP contribution in [-0.4, -0.2) is 17.0 Å². The molecule has 3 nitrogen and oxygen atoms in total. The summed E-state index contributed by atoms with van der Waals surface area (Å²) in [6, 6.07) is 0. The van der Waals surface area contributed by atoms with Crippen molar-refractivity contribution in [2.75, 3.05) is 0 Å². The third-order valence-electron chi connectivity index (χ3n) is 0.849. The van der Waals surface area contributed by atoms with Gasteiger partial charge in [0.2, 0.25) is 0 Å². The molecule has 0 aromatic carbocycles. The number of carboxylic acid groups (broad SMARTS) is 1. The second kappa shape index (κ2) is 3.87. The average molecular weight is 128 g/mol. The zero-order chi connectivity index (χ0) is 7.28. The quantitative estimate of drug-likeness (QED) is 0.562. The van der Waals surface area contributed by atoms with Gasteiger partial charge in [0.25, 0.3) is 0 Å². The van der Waals surface area contributed by atoms with E-state index < -0.39 is 5.97 Å². The van der Waals surface area contributed by atoms with Crippen LogP contribution in [0.4, 0.5) is 0 Å². The summed E-state index contributed by atoms with van der Waals surface area (Å²) in [7, 11) is 0. The third-order valence-corrected chi connectivity index (χ3v) is 0.849. The average Bonchev–Trinajstić information content (AvgIpc) is 1.63. The van der Waals surface area contributed by atoms with Gasteiger partial charge in [0.1, 0.15) is 5.94 Å². The molecule has 1 unspecified atom stereocenters. The van der Waals surface area contributed by atoms with Crippen LogP contribution in [0.5, 0.6) is 0 Å². The second-order valence-corrected chi connectivity index (χ2v) is 1.86. The van der Waals surface area contributed by atoms with E-state index in [1.807, 2.05) is 0 Å². The predicted octanol–water partition coefficient (Wildman–Crippen LogP) is 0.485. The Balaban J connectivity index is 3.62. The van der Waals surface area contributed by atoms with Crippen LogP contribution >= 0.6 is 0 Å². The zero-order valence-electron chi connectivity index (χ0n) is 5.13. The van der Waals surface area contributed by atoms with E-state index in [9.17, 15) is 9.59 Å². The number of carbonyl (C=O) groups excluding carboxylic acids is 1. The summed E-state index contributed by atoms with van der Waals surface area (Å²) in [4.78, 5) is 19.6. The van der Waals surface area contributed by atoms with Crippen molar-refractivity contribution >= 4 is 11.9 Å². The molecule has 0 amide bonds. The van der Waals surface area contributed by atoms with Crippen LogP contribution in [-0.2, 0) is 9.59 Å². The zero-order valence-corrected chi connectivity index (χ0v) is 5.13.